The van der Waals surface area contributed by atoms with Gasteiger partial charge in [0.15, 0.2) is 12.1 Å². The van der Waals surface area contributed by atoms with E-state index in [9.17, 15) is 9.18 Å². The van der Waals surface area contributed by atoms with Gasteiger partial charge in [0.1, 0.15) is 12.4 Å². The van der Waals surface area contributed by atoms with E-state index in [1.165, 1.54) is 17.1 Å². The van der Waals surface area contributed by atoms with Gasteiger partial charge in [-0.25, -0.2) is 4.39 Å². The van der Waals surface area contributed by atoms with Crippen molar-refractivity contribution in [2.75, 3.05) is 31.2 Å². The smallest absolute Gasteiger partial charge is 0.266 e. The number of rotatable bonds is 10. The van der Waals surface area contributed by atoms with Crippen LogP contribution >= 0.6 is 0 Å². The largest absolute Gasteiger partial charge is 0.335 e. The lowest BCUT2D eigenvalue weighted by Crippen LogP contribution is -3.11. The van der Waals surface area contributed by atoms with Crippen molar-refractivity contribution in [3.05, 3.63) is 30.1 Å². The normalized spacial score (nSPS) is 17.6. The van der Waals surface area contributed by atoms with E-state index in [4.69, 9.17) is 0 Å². The Morgan fingerprint density at radius 1 is 1.23 bits per heavy atom. The molecule has 0 fully saturated rings. The Morgan fingerprint density at radius 2 is 1.92 bits per heavy atom. The molecule has 2 N–H and O–H groups in total. The highest BCUT2D eigenvalue weighted by molar-refractivity contribution is 6.23. The number of carbonyl (C=O) groups excluding carboxylic acids is 1. The maximum Gasteiger partial charge on any atom is 0.266 e. The van der Waals surface area contributed by atoms with Gasteiger partial charge in [-0.15, -0.1) is 0 Å². The summed E-state index contributed by atoms with van der Waals surface area (Å²) in [4.78, 5) is 17.7. The molecule has 0 bridgehead atoms. The topological polar surface area (TPSA) is 51.1 Å². The Morgan fingerprint density at radius 3 is 2.54 bits per heavy atom. The minimum absolute atomic E-state index is 0.0815. The van der Waals surface area contributed by atoms with Gasteiger partial charge in [-0.1, -0.05) is 13.3 Å². The molecule has 6 heteroatoms. The van der Waals surface area contributed by atoms with Crippen molar-refractivity contribution in [3.63, 3.8) is 0 Å². The van der Waals surface area contributed by atoms with Gasteiger partial charge in [-0.2, -0.15) is 10.1 Å². The summed E-state index contributed by atoms with van der Waals surface area (Å²) in [7, 11) is 0. The second-order valence-corrected chi connectivity index (χ2v) is 6.63. The van der Waals surface area contributed by atoms with Gasteiger partial charge in [0.05, 0.1) is 37.5 Å². The van der Waals surface area contributed by atoms with Crippen molar-refractivity contribution in [1.29, 1.82) is 0 Å². The number of quaternary nitrogens is 1. The lowest BCUT2D eigenvalue weighted by molar-refractivity contribution is -0.897. The fraction of sp³-hybridized carbons (Fsp3) is 0.550. The van der Waals surface area contributed by atoms with Gasteiger partial charge in [-0.05, 0) is 44.5 Å². The third kappa shape index (κ3) is 5.21. The molecule has 26 heavy (non-hydrogen) atoms. The van der Waals surface area contributed by atoms with Crippen LogP contribution in [0, 0.1) is 11.7 Å². The van der Waals surface area contributed by atoms with Crippen molar-refractivity contribution >= 4 is 23.5 Å². The van der Waals surface area contributed by atoms with Crippen molar-refractivity contribution in [2.24, 2.45) is 11.0 Å². The van der Waals surface area contributed by atoms with E-state index in [0.29, 0.717) is 5.69 Å². The first kappa shape index (κ1) is 20.2. The molecule has 0 saturated carbocycles. The van der Waals surface area contributed by atoms with Crippen LogP contribution in [0.15, 0.2) is 29.4 Å². The molecule has 5 nitrogen and oxygen atoms in total. The highest BCUT2D eigenvalue weighted by atomic mass is 19.1. The number of hydrazone groups is 1. The molecule has 2 rings (SSSR count). The number of hydrogen-bond donors (Lipinski definition) is 2. The zero-order valence-corrected chi connectivity index (χ0v) is 16.1. The molecule has 0 aliphatic carbocycles. The zero-order valence-electron chi connectivity index (χ0n) is 16.1. The Hall–Kier alpha value is -2.08. The summed E-state index contributed by atoms with van der Waals surface area (Å²) >= 11 is 0. The molecular formula is C20H31FN4O+2. The summed E-state index contributed by atoms with van der Waals surface area (Å²) in [5.41, 5.74) is 1.47. The second kappa shape index (κ2) is 10.2. The number of nitrogens with one attached hydrogen (secondary N) is 2. The number of halogens is 1. The number of carbonyl (C=O) groups is 1. The summed E-state index contributed by atoms with van der Waals surface area (Å²) in [5, 5.41) is 5.89. The standard InChI is InChI=1S/C20H29FN4O/c1-4-8-19-18(15-22-13-7-14-24(5-2)6-3)20(26)25(23-19)17-11-9-16(21)10-12-17/h9-12,15,18H,4-8,13-14H2,1-3H3/p+2/t18-/m1/s1. The molecule has 0 aromatic heterocycles. The van der Waals surface area contributed by atoms with Crippen LogP contribution in [0.5, 0.6) is 0 Å². The summed E-state index contributed by atoms with van der Waals surface area (Å²) in [5.74, 6) is -0.749. The van der Waals surface area contributed by atoms with Crippen LogP contribution < -0.4 is 14.9 Å². The predicted molar refractivity (Wildman–Crippen MR) is 103 cm³/mol. The number of hydrogen-bond acceptors (Lipinski definition) is 2. The first-order chi connectivity index (χ1) is 12.6. The van der Waals surface area contributed by atoms with Gasteiger partial charge >= 0.3 is 0 Å². The minimum Gasteiger partial charge on any atom is -0.335 e. The predicted octanol–water partition coefficient (Wildman–Crippen LogP) is 0.411. The van der Waals surface area contributed by atoms with Crippen molar-refractivity contribution < 1.29 is 19.1 Å². The monoisotopic (exact) mass is 362 g/mol. The average Bonchev–Trinajstić information content (AvgIpc) is 2.95. The highest BCUT2D eigenvalue weighted by Gasteiger charge is 2.36. The van der Waals surface area contributed by atoms with Crippen molar-refractivity contribution in [2.45, 2.75) is 40.0 Å². The van der Waals surface area contributed by atoms with Crippen molar-refractivity contribution in [1.82, 2.24) is 0 Å². The Kier molecular flexibility index (Phi) is 7.91. The summed E-state index contributed by atoms with van der Waals surface area (Å²) in [6.07, 6.45) is 4.64. The van der Waals surface area contributed by atoms with Crippen LogP contribution in [0.4, 0.5) is 10.1 Å². The molecule has 1 heterocycles. The molecule has 0 spiro atoms. The quantitative estimate of drug-likeness (QED) is 0.460. The average molecular weight is 362 g/mol. The van der Waals surface area contributed by atoms with Gasteiger partial charge in [0.25, 0.3) is 5.91 Å². The maximum absolute atomic E-state index is 13.1. The van der Waals surface area contributed by atoms with Gasteiger partial charge in [-0.3, -0.25) is 9.79 Å². The molecule has 0 unspecified atom stereocenters. The molecule has 1 aromatic rings. The molecular weight excluding hydrogens is 331 g/mol. The molecule has 142 valence electrons. The molecule has 1 aliphatic rings. The van der Waals surface area contributed by atoms with E-state index in [0.717, 1.165) is 51.2 Å². The molecule has 1 atom stereocenters. The lowest BCUT2D eigenvalue weighted by Gasteiger charge is -2.13. The molecule has 0 radical (unpaired) electrons. The maximum atomic E-state index is 13.1. The third-order valence-corrected chi connectivity index (χ3v) is 4.78. The van der Waals surface area contributed by atoms with Crippen LogP contribution in [0.25, 0.3) is 0 Å². The molecule has 0 saturated heterocycles. The number of amides is 1. The first-order valence-corrected chi connectivity index (χ1v) is 9.67. The van der Waals surface area contributed by atoms with Crippen LogP contribution in [0.1, 0.15) is 40.0 Å². The summed E-state index contributed by atoms with van der Waals surface area (Å²) in [6, 6.07) is 5.87. The molecule has 1 amide bonds. The molecule has 1 aliphatic heterocycles. The van der Waals surface area contributed by atoms with Crippen LogP contribution in [0.3, 0.4) is 0 Å². The minimum atomic E-state index is -0.346. The van der Waals surface area contributed by atoms with Crippen LogP contribution in [0.2, 0.25) is 0 Å². The number of anilines is 1. The number of benzene rings is 1. The van der Waals surface area contributed by atoms with Crippen LogP contribution in [-0.4, -0.2) is 44.0 Å². The lowest BCUT2D eigenvalue weighted by atomic mass is 10.0. The summed E-state index contributed by atoms with van der Waals surface area (Å²) < 4.78 is 13.1. The Bertz CT molecular complexity index is 638. The Balaban J connectivity index is 2.00. The summed E-state index contributed by atoms with van der Waals surface area (Å²) in [6.45, 7) is 10.7. The van der Waals surface area contributed by atoms with Gasteiger partial charge in [0.2, 0.25) is 0 Å². The fourth-order valence-corrected chi connectivity index (χ4v) is 3.16. The zero-order chi connectivity index (χ0) is 18.9. The first-order valence-electron chi connectivity index (χ1n) is 9.67. The van der Waals surface area contributed by atoms with Crippen LogP contribution in [-0.2, 0) is 4.79 Å². The van der Waals surface area contributed by atoms with E-state index in [2.05, 4.69) is 30.9 Å². The Labute approximate surface area is 155 Å². The molecule has 1 aromatic carbocycles. The van der Waals surface area contributed by atoms with Crippen molar-refractivity contribution in [3.8, 4) is 0 Å². The highest BCUT2D eigenvalue weighted by Crippen LogP contribution is 2.24. The fourth-order valence-electron chi connectivity index (χ4n) is 3.16. The second-order valence-electron chi connectivity index (χ2n) is 6.63. The van der Waals surface area contributed by atoms with Gasteiger partial charge < -0.3 is 4.90 Å². The third-order valence-electron chi connectivity index (χ3n) is 4.78. The van der Waals surface area contributed by atoms with E-state index in [1.54, 1.807) is 17.0 Å². The van der Waals surface area contributed by atoms with E-state index >= 15 is 0 Å². The number of nitrogens with zero attached hydrogens (tertiary/aromatic N) is 2. The van der Waals surface area contributed by atoms with E-state index in [-0.39, 0.29) is 17.6 Å². The van der Waals surface area contributed by atoms with Gasteiger partial charge in [0, 0.05) is 0 Å². The van der Waals surface area contributed by atoms with E-state index < -0.39 is 0 Å². The SMILES string of the molecule is CCCC1=NN(c2ccc(F)cc2)C(=O)[C@@H]1C=[NH+]CCC[NH+](CC)CC. The van der Waals surface area contributed by atoms with E-state index in [1.807, 2.05) is 6.21 Å².